The van der Waals surface area contributed by atoms with Gasteiger partial charge in [-0.1, -0.05) is 38.3 Å². The molecule has 0 saturated heterocycles. The summed E-state index contributed by atoms with van der Waals surface area (Å²) in [7, 11) is 0. The maximum Gasteiger partial charge on any atom is 0.217 e. The van der Waals surface area contributed by atoms with Crippen LogP contribution in [-0.4, -0.2) is 48.9 Å². The van der Waals surface area contributed by atoms with Gasteiger partial charge in [0.2, 0.25) is 5.91 Å². The zero-order valence-electron chi connectivity index (χ0n) is 16.8. The molecule has 0 bridgehead atoms. The molecule has 0 radical (unpaired) electrons. The molecule has 4 nitrogen and oxygen atoms in total. The fourth-order valence-corrected chi connectivity index (χ4v) is 3.65. The fourth-order valence-electron chi connectivity index (χ4n) is 3.65. The number of carbonyl (C=O) groups is 1. The number of quaternary nitrogens is 1. The highest BCUT2D eigenvalue weighted by atomic mass is 16.1. The van der Waals surface area contributed by atoms with Gasteiger partial charge in [-0.15, -0.1) is 0 Å². The van der Waals surface area contributed by atoms with Gasteiger partial charge in [-0.3, -0.25) is 9.28 Å². The molecule has 0 fully saturated rings. The Labute approximate surface area is 155 Å². The van der Waals surface area contributed by atoms with E-state index in [4.69, 9.17) is 4.99 Å². The fraction of sp³-hybridized carbons (Fsp3) is 0.810. The summed E-state index contributed by atoms with van der Waals surface area (Å²) in [6.07, 6.45) is 18.7. The molecule has 1 heterocycles. The van der Waals surface area contributed by atoms with Gasteiger partial charge < -0.3 is 5.32 Å². The van der Waals surface area contributed by atoms with Crippen LogP contribution in [0.25, 0.3) is 0 Å². The van der Waals surface area contributed by atoms with Gasteiger partial charge in [0.15, 0.2) is 6.17 Å². The maximum atomic E-state index is 11.1. The summed E-state index contributed by atoms with van der Waals surface area (Å²) in [5.74, 6) is 0.0624. The van der Waals surface area contributed by atoms with Crippen LogP contribution < -0.4 is 5.32 Å². The van der Waals surface area contributed by atoms with E-state index in [1.165, 1.54) is 51.4 Å². The van der Waals surface area contributed by atoms with Crippen LogP contribution in [0.3, 0.4) is 0 Å². The zero-order chi connectivity index (χ0) is 18.4. The highest BCUT2D eigenvalue weighted by Crippen LogP contribution is 2.23. The lowest BCUT2D eigenvalue weighted by molar-refractivity contribution is -0.935. The van der Waals surface area contributed by atoms with Crippen LogP contribution in [0.2, 0.25) is 0 Å². The number of hydrogen-bond acceptors (Lipinski definition) is 2. The Morgan fingerprint density at radius 3 is 2.52 bits per heavy atom. The average molecular weight is 351 g/mol. The van der Waals surface area contributed by atoms with Gasteiger partial charge in [0.05, 0.1) is 25.8 Å². The number of rotatable bonds is 14. The largest absolute Gasteiger partial charge is 0.351 e. The molecule has 1 aliphatic heterocycles. The van der Waals surface area contributed by atoms with Crippen molar-refractivity contribution in [3.63, 3.8) is 0 Å². The molecule has 1 aliphatic rings. The minimum Gasteiger partial charge on any atom is -0.351 e. The number of aliphatic imine (C=N–C) groups is 1. The summed E-state index contributed by atoms with van der Waals surface area (Å²) in [6, 6.07) is 0. The number of likely N-dealkylation sites (N-methyl/N-ethyl adjacent to an activating group) is 1. The van der Waals surface area contributed by atoms with Crippen LogP contribution in [0.1, 0.15) is 78.6 Å². The molecule has 1 amide bonds. The van der Waals surface area contributed by atoms with Crippen LogP contribution in [0.5, 0.6) is 0 Å². The molecule has 2 unspecified atom stereocenters. The average Bonchev–Trinajstić information content (AvgIpc) is 2.99. The van der Waals surface area contributed by atoms with E-state index in [1.807, 2.05) is 0 Å². The van der Waals surface area contributed by atoms with Crippen molar-refractivity contribution < 1.29 is 9.28 Å². The summed E-state index contributed by atoms with van der Waals surface area (Å²) in [6.45, 7) is 9.93. The predicted octanol–water partition coefficient (Wildman–Crippen LogP) is 4.46. The summed E-state index contributed by atoms with van der Waals surface area (Å²) in [5.41, 5.74) is 0. The first-order valence-corrected chi connectivity index (χ1v) is 10.4. The van der Waals surface area contributed by atoms with Crippen LogP contribution in [0.15, 0.2) is 17.1 Å². The van der Waals surface area contributed by atoms with Gasteiger partial charge in [-0.05, 0) is 39.0 Å². The van der Waals surface area contributed by atoms with Crippen molar-refractivity contribution in [2.75, 3.05) is 26.2 Å². The van der Waals surface area contributed by atoms with Gasteiger partial charge in [0.25, 0.3) is 0 Å². The molecule has 1 rings (SSSR count). The standard InChI is InChI=1S/C21H39N3O/c1-4-6-7-8-9-10-11-12-13-14-15-21-23-17-19-24(21,5-2)18-16-22-20(3)25/h10-11,17,21H,4-9,12-16,18-19H2,1-3H3/p+1/b11-10+. The lowest BCUT2D eigenvalue weighted by Crippen LogP contribution is -2.55. The summed E-state index contributed by atoms with van der Waals surface area (Å²) in [5, 5.41) is 2.94. The number of hydrogen-bond donors (Lipinski definition) is 1. The Hall–Kier alpha value is -1.16. The van der Waals surface area contributed by atoms with Crippen molar-refractivity contribution in [1.29, 1.82) is 0 Å². The Morgan fingerprint density at radius 1 is 1.16 bits per heavy atom. The van der Waals surface area contributed by atoms with E-state index in [1.54, 1.807) is 6.92 Å². The van der Waals surface area contributed by atoms with Gasteiger partial charge in [0, 0.05) is 13.3 Å². The minimum atomic E-state index is 0.0624. The van der Waals surface area contributed by atoms with Crippen molar-refractivity contribution in [1.82, 2.24) is 5.32 Å². The van der Waals surface area contributed by atoms with Crippen molar-refractivity contribution in [3.8, 4) is 0 Å². The van der Waals surface area contributed by atoms with E-state index in [-0.39, 0.29) is 5.91 Å². The third kappa shape index (κ3) is 8.66. The van der Waals surface area contributed by atoms with Crippen LogP contribution in [-0.2, 0) is 4.79 Å². The van der Waals surface area contributed by atoms with Gasteiger partial charge in [-0.25, -0.2) is 4.99 Å². The Balaban J connectivity index is 2.20. The minimum absolute atomic E-state index is 0.0624. The summed E-state index contributed by atoms with van der Waals surface area (Å²) in [4.78, 5) is 15.9. The second-order valence-electron chi connectivity index (χ2n) is 7.34. The Kier molecular flexibility index (Phi) is 11.5. The van der Waals surface area contributed by atoms with E-state index < -0.39 is 0 Å². The van der Waals surface area contributed by atoms with E-state index in [0.717, 1.165) is 37.1 Å². The van der Waals surface area contributed by atoms with E-state index >= 15 is 0 Å². The normalized spacial score (nSPS) is 22.8. The summed E-state index contributed by atoms with van der Waals surface area (Å²) < 4.78 is 1.01. The zero-order valence-corrected chi connectivity index (χ0v) is 16.8. The molecule has 0 spiro atoms. The third-order valence-electron chi connectivity index (χ3n) is 5.39. The number of unbranched alkanes of at least 4 members (excludes halogenated alkanes) is 6. The highest BCUT2D eigenvalue weighted by Gasteiger charge is 2.37. The smallest absolute Gasteiger partial charge is 0.217 e. The molecular formula is C21H40N3O+. The molecule has 0 saturated carbocycles. The van der Waals surface area contributed by atoms with Gasteiger partial charge >= 0.3 is 0 Å². The van der Waals surface area contributed by atoms with Gasteiger partial charge in [0.1, 0.15) is 6.54 Å². The van der Waals surface area contributed by atoms with E-state index in [2.05, 4.69) is 37.5 Å². The van der Waals surface area contributed by atoms with Gasteiger partial charge in [-0.2, -0.15) is 0 Å². The SMILES string of the molecule is CCCCCC/C=C/CCCCC1N=CC[N+]1(CC)CCNC(C)=O. The Bertz CT molecular complexity index is 419. The number of nitrogens with zero attached hydrogens (tertiary/aromatic N) is 2. The number of allylic oxidation sites excluding steroid dienone is 2. The molecule has 1 N–H and O–H groups in total. The van der Waals surface area contributed by atoms with Crippen LogP contribution in [0.4, 0.5) is 0 Å². The highest BCUT2D eigenvalue weighted by molar-refractivity contribution is 5.72. The molecule has 0 aliphatic carbocycles. The quantitative estimate of drug-likeness (QED) is 0.280. The molecule has 2 atom stereocenters. The van der Waals surface area contributed by atoms with Crippen molar-refractivity contribution in [2.45, 2.75) is 84.7 Å². The molecule has 0 aromatic heterocycles. The second-order valence-corrected chi connectivity index (χ2v) is 7.34. The molecule has 4 heteroatoms. The molecule has 0 aromatic rings. The molecule has 0 aromatic carbocycles. The topological polar surface area (TPSA) is 41.5 Å². The maximum absolute atomic E-state index is 11.1. The predicted molar refractivity (Wildman–Crippen MR) is 108 cm³/mol. The van der Waals surface area contributed by atoms with Crippen molar-refractivity contribution in [2.24, 2.45) is 4.99 Å². The first-order chi connectivity index (χ1) is 12.1. The van der Waals surface area contributed by atoms with Crippen molar-refractivity contribution in [3.05, 3.63) is 12.2 Å². The molecule has 144 valence electrons. The number of amides is 1. The second kappa shape index (κ2) is 13.1. The molecular weight excluding hydrogens is 310 g/mol. The first-order valence-electron chi connectivity index (χ1n) is 10.4. The van der Waals surface area contributed by atoms with Crippen LogP contribution in [0, 0.1) is 0 Å². The Morgan fingerprint density at radius 2 is 1.88 bits per heavy atom. The van der Waals surface area contributed by atoms with E-state index in [0.29, 0.717) is 6.17 Å². The lowest BCUT2D eigenvalue weighted by Gasteiger charge is -2.38. The van der Waals surface area contributed by atoms with E-state index in [9.17, 15) is 4.79 Å². The molecule has 25 heavy (non-hydrogen) atoms. The lowest BCUT2D eigenvalue weighted by atomic mass is 10.1. The van der Waals surface area contributed by atoms with Crippen LogP contribution >= 0.6 is 0 Å². The number of nitrogens with one attached hydrogen (secondary N) is 1. The number of carbonyl (C=O) groups excluding carboxylic acids is 1. The van der Waals surface area contributed by atoms with Crippen molar-refractivity contribution >= 4 is 12.1 Å². The summed E-state index contributed by atoms with van der Waals surface area (Å²) >= 11 is 0. The monoisotopic (exact) mass is 350 g/mol. The first kappa shape index (κ1) is 21.9. The third-order valence-corrected chi connectivity index (χ3v) is 5.39.